The van der Waals surface area contributed by atoms with Crippen LogP contribution in [0.3, 0.4) is 0 Å². The molecule has 0 amide bonds. The molecule has 4 nitrogen and oxygen atoms in total. The van der Waals surface area contributed by atoms with Gasteiger partial charge in [0.05, 0.1) is 17.6 Å². The second kappa shape index (κ2) is 6.48. The third-order valence-electron chi connectivity index (χ3n) is 4.36. The Morgan fingerprint density at radius 3 is 2.50 bits per heavy atom. The molecule has 4 rings (SSSR count). The van der Waals surface area contributed by atoms with Crippen molar-refractivity contribution in [3.63, 3.8) is 0 Å². The SMILES string of the molecule is CCOC(=O)c1c(-c2ccccc2)cc2nc3ccccc3cc2c1O. The lowest BCUT2D eigenvalue weighted by molar-refractivity contribution is 0.0524. The molecule has 128 valence electrons. The van der Waals surface area contributed by atoms with Crippen LogP contribution in [0.2, 0.25) is 0 Å². The summed E-state index contributed by atoms with van der Waals surface area (Å²) in [6.07, 6.45) is 0. The van der Waals surface area contributed by atoms with Crippen molar-refractivity contribution in [3.05, 3.63) is 72.3 Å². The van der Waals surface area contributed by atoms with Crippen LogP contribution in [-0.4, -0.2) is 22.7 Å². The van der Waals surface area contributed by atoms with Crippen molar-refractivity contribution < 1.29 is 14.6 Å². The van der Waals surface area contributed by atoms with Crippen LogP contribution in [0.5, 0.6) is 5.75 Å². The minimum absolute atomic E-state index is 0.0990. The number of rotatable bonds is 3. The molecule has 1 aromatic heterocycles. The van der Waals surface area contributed by atoms with Crippen LogP contribution in [0.1, 0.15) is 17.3 Å². The summed E-state index contributed by atoms with van der Waals surface area (Å²) in [7, 11) is 0. The Hall–Kier alpha value is -3.40. The maximum atomic E-state index is 12.6. The van der Waals surface area contributed by atoms with E-state index in [1.54, 1.807) is 6.92 Å². The fraction of sp³-hybridized carbons (Fsp3) is 0.0909. The average molecular weight is 343 g/mol. The number of aromatic nitrogens is 1. The highest BCUT2D eigenvalue weighted by Gasteiger charge is 2.22. The minimum atomic E-state index is -0.543. The molecule has 0 aliphatic rings. The summed E-state index contributed by atoms with van der Waals surface area (Å²) in [6.45, 7) is 1.98. The van der Waals surface area contributed by atoms with E-state index in [1.807, 2.05) is 66.7 Å². The topological polar surface area (TPSA) is 59.4 Å². The fourth-order valence-electron chi connectivity index (χ4n) is 3.16. The summed E-state index contributed by atoms with van der Waals surface area (Å²) < 4.78 is 5.19. The predicted molar refractivity (Wildman–Crippen MR) is 102 cm³/mol. The number of hydrogen-bond donors (Lipinski definition) is 1. The van der Waals surface area contributed by atoms with Crippen LogP contribution in [0.4, 0.5) is 0 Å². The van der Waals surface area contributed by atoms with E-state index in [1.165, 1.54) is 0 Å². The molecule has 0 atom stereocenters. The zero-order valence-corrected chi connectivity index (χ0v) is 14.3. The zero-order chi connectivity index (χ0) is 18.1. The van der Waals surface area contributed by atoms with E-state index in [4.69, 9.17) is 4.74 Å². The molecule has 0 unspecified atom stereocenters. The third-order valence-corrected chi connectivity index (χ3v) is 4.36. The Morgan fingerprint density at radius 1 is 1.00 bits per heavy atom. The van der Waals surface area contributed by atoms with Gasteiger partial charge in [-0.3, -0.25) is 0 Å². The Balaban J connectivity index is 2.08. The molecule has 0 radical (unpaired) electrons. The molecule has 26 heavy (non-hydrogen) atoms. The number of para-hydroxylation sites is 1. The number of benzene rings is 3. The zero-order valence-electron chi connectivity index (χ0n) is 14.3. The van der Waals surface area contributed by atoms with E-state index in [0.717, 1.165) is 16.5 Å². The quantitative estimate of drug-likeness (QED) is 0.423. The van der Waals surface area contributed by atoms with Crippen molar-refractivity contribution in [2.24, 2.45) is 0 Å². The number of hydrogen-bond acceptors (Lipinski definition) is 4. The molecule has 1 heterocycles. The lowest BCUT2D eigenvalue weighted by atomic mass is 9.95. The maximum Gasteiger partial charge on any atom is 0.342 e. The van der Waals surface area contributed by atoms with Gasteiger partial charge in [-0.1, -0.05) is 48.5 Å². The number of carbonyl (C=O) groups is 1. The molecule has 4 heteroatoms. The van der Waals surface area contributed by atoms with Gasteiger partial charge in [0.15, 0.2) is 0 Å². The normalized spacial score (nSPS) is 11.0. The number of aromatic hydroxyl groups is 1. The maximum absolute atomic E-state index is 12.6. The van der Waals surface area contributed by atoms with Crippen LogP contribution in [0, 0.1) is 0 Å². The van der Waals surface area contributed by atoms with Crippen LogP contribution in [0.25, 0.3) is 32.9 Å². The molecular weight excluding hydrogens is 326 g/mol. The monoisotopic (exact) mass is 343 g/mol. The van der Waals surface area contributed by atoms with Crippen LogP contribution in [0.15, 0.2) is 66.7 Å². The van der Waals surface area contributed by atoms with Gasteiger partial charge in [0, 0.05) is 16.3 Å². The van der Waals surface area contributed by atoms with Crippen LogP contribution >= 0.6 is 0 Å². The predicted octanol–water partition coefficient (Wildman–Crippen LogP) is 4.94. The van der Waals surface area contributed by atoms with Crippen molar-refractivity contribution in [1.82, 2.24) is 4.98 Å². The first-order chi connectivity index (χ1) is 12.7. The van der Waals surface area contributed by atoms with Gasteiger partial charge in [0.2, 0.25) is 0 Å². The molecule has 0 saturated heterocycles. The van der Waals surface area contributed by atoms with Gasteiger partial charge in [0.25, 0.3) is 0 Å². The van der Waals surface area contributed by atoms with E-state index < -0.39 is 5.97 Å². The number of esters is 1. The lowest BCUT2D eigenvalue weighted by Gasteiger charge is -2.14. The first-order valence-electron chi connectivity index (χ1n) is 8.47. The summed E-state index contributed by atoms with van der Waals surface area (Å²) in [6, 6.07) is 20.8. The van der Waals surface area contributed by atoms with E-state index in [9.17, 15) is 9.90 Å². The fourth-order valence-corrected chi connectivity index (χ4v) is 3.16. The van der Waals surface area contributed by atoms with E-state index in [0.29, 0.717) is 16.5 Å². The standard InChI is InChI=1S/C22H17NO3/c1-2-26-22(25)20-16(14-8-4-3-5-9-14)13-19-17(21(20)24)12-15-10-6-7-11-18(15)23-19/h3-13,24H,2H2,1H3. The molecule has 0 saturated carbocycles. The molecule has 3 aromatic carbocycles. The molecule has 0 spiro atoms. The van der Waals surface area contributed by atoms with Crippen molar-refractivity contribution in [3.8, 4) is 16.9 Å². The molecular formula is C22H17NO3. The van der Waals surface area contributed by atoms with Gasteiger partial charge in [-0.15, -0.1) is 0 Å². The highest BCUT2D eigenvalue weighted by molar-refractivity contribution is 6.08. The van der Waals surface area contributed by atoms with Gasteiger partial charge in [-0.05, 0) is 30.7 Å². The van der Waals surface area contributed by atoms with Gasteiger partial charge >= 0.3 is 5.97 Å². The summed E-state index contributed by atoms with van der Waals surface area (Å²) in [5, 5.41) is 12.3. The summed E-state index contributed by atoms with van der Waals surface area (Å²) in [4.78, 5) is 17.2. The average Bonchev–Trinajstić information content (AvgIpc) is 2.67. The summed E-state index contributed by atoms with van der Waals surface area (Å²) >= 11 is 0. The molecule has 0 aliphatic carbocycles. The summed E-state index contributed by atoms with van der Waals surface area (Å²) in [5.41, 5.74) is 3.07. The number of nitrogens with zero attached hydrogens (tertiary/aromatic N) is 1. The summed E-state index contributed by atoms with van der Waals surface area (Å²) in [5.74, 6) is -0.642. The molecule has 0 fully saturated rings. The molecule has 0 bridgehead atoms. The van der Waals surface area contributed by atoms with E-state index in [2.05, 4.69) is 4.98 Å². The van der Waals surface area contributed by atoms with Gasteiger partial charge in [-0.25, -0.2) is 9.78 Å². The van der Waals surface area contributed by atoms with Crippen molar-refractivity contribution >= 4 is 27.8 Å². The smallest absolute Gasteiger partial charge is 0.342 e. The van der Waals surface area contributed by atoms with Crippen LogP contribution < -0.4 is 0 Å². The van der Waals surface area contributed by atoms with Crippen LogP contribution in [-0.2, 0) is 4.74 Å². The Kier molecular flexibility index (Phi) is 4.01. The Morgan fingerprint density at radius 2 is 1.73 bits per heavy atom. The number of pyridine rings is 1. The van der Waals surface area contributed by atoms with Crippen molar-refractivity contribution in [2.45, 2.75) is 6.92 Å². The minimum Gasteiger partial charge on any atom is -0.506 e. The molecule has 1 N–H and O–H groups in total. The number of phenols is 1. The number of phenolic OH excluding ortho intramolecular Hbond substituents is 1. The van der Waals surface area contributed by atoms with Gasteiger partial charge in [0.1, 0.15) is 11.3 Å². The van der Waals surface area contributed by atoms with Crippen molar-refractivity contribution in [1.29, 1.82) is 0 Å². The van der Waals surface area contributed by atoms with E-state index >= 15 is 0 Å². The first kappa shape index (κ1) is 16.1. The lowest BCUT2D eigenvalue weighted by Crippen LogP contribution is -2.07. The number of carbonyl (C=O) groups excluding carboxylic acids is 1. The van der Waals surface area contributed by atoms with Crippen molar-refractivity contribution in [2.75, 3.05) is 6.61 Å². The van der Waals surface area contributed by atoms with Gasteiger partial charge in [-0.2, -0.15) is 0 Å². The van der Waals surface area contributed by atoms with E-state index in [-0.39, 0.29) is 17.9 Å². The highest BCUT2D eigenvalue weighted by atomic mass is 16.5. The van der Waals surface area contributed by atoms with Gasteiger partial charge < -0.3 is 9.84 Å². The second-order valence-corrected chi connectivity index (χ2v) is 5.98. The third kappa shape index (κ3) is 2.65. The second-order valence-electron chi connectivity index (χ2n) is 5.98. The number of fused-ring (bicyclic) bond motifs is 2. The largest absolute Gasteiger partial charge is 0.506 e. The Labute approximate surface area is 150 Å². The number of ether oxygens (including phenoxy) is 1. The Bertz CT molecular complexity index is 1120. The molecule has 4 aromatic rings. The highest BCUT2D eigenvalue weighted by Crippen LogP contribution is 2.38. The molecule has 0 aliphatic heterocycles. The first-order valence-corrected chi connectivity index (χ1v) is 8.47.